The first-order valence-corrected chi connectivity index (χ1v) is 9.71. The van der Waals surface area contributed by atoms with Crippen LogP contribution in [0.25, 0.3) is 6.08 Å². The zero-order chi connectivity index (χ0) is 16.9. The first-order valence-electron chi connectivity index (χ1n) is 6.94. The number of nitrogens with one attached hydrogen (secondary N) is 2. The van der Waals surface area contributed by atoms with E-state index < -0.39 is 10.0 Å². The lowest BCUT2D eigenvalue weighted by Crippen LogP contribution is -2.25. The van der Waals surface area contributed by atoms with E-state index in [9.17, 15) is 13.2 Å². The van der Waals surface area contributed by atoms with Crippen LogP contribution in [0.4, 0.5) is 5.69 Å². The molecule has 2 aromatic rings. The molecule has 0 aliphatic rings. The summed E-state index contributed by atoms with van der Waals surface area (Å²) < 4.78 is 25.3. The second kappa shape index (κ2) is 7.43. The van der Waals surface area contributed by atoms with Crippen molar-refractivity contribution in [3.8, 4) is 0 Å². The average molecular weight is 350 g/mol. The number of hydrogen-bond donors (Lipinski definition) is 2. The Balaban J connectivity index is 2.08. The monoisotopic (exact) mass is 350 g/mol. The Labute approximate surface area is 140 Å². The fourth-order valence-corrected chi connectivity index (χ4v) is 3.25. The van der Waals surface area contributed by atoms with Crippen molar-refractivity contribution in [2.45, 2.75) is 13.0 Å². The Morgan fingerprint density at radius 3 is 2.61 bits per heavy atom. The Morgan fingerprint density at radius 2 is 1.96 bits per heavy atom. The maximum atomic E-state index is 12.0. The Kier molecular flexibility index (Phi) is 5.57. The third-order valence-corrected chi connectivity index (χ3v) is 4.45. The van der Waals surface area contributed by atoms with Gasteiger partial charge in [0.15, 0.2) is 0 Å². The molecule has 0 radical (unpaired) electrons. The molecule has 0 aliphatic carbocycles. The number of carbonyl (C=O) groups excluding carboxylic acids is 1. The number of carbonyl (C=O) groups is 1. The number of hydrogen-bond acceptors (Lipinski definition) is 4. The summed E-state index contributed by atoms with van der Waals surface area (Å²) in [5, 5.41) is 4.77. The molecule has 5 nitrogen and oxygen atoms in total. The average Bonchev–Trinajstić information content (AvgIpc) is 2.97. The lowest BCUT2D eigenvalue weighted by atomic mass is 10.1. The van der Waals surface area contributed by atoms with E-state index in [1.54, 1.807) is 48.6 Å². The molecule has 0 spiro atoms. The highest BCUT2D eigenvalue weighted by molar-refractivity contribution is 7.92. The summed E-state index contributed by atoms with van der Waals surface area (Å²) in [6, 6.07) is 10.5. The van der Waals surface area contributed by atoms with Gasteiger partial charge in [-0.3, -0.25) is 9.52 Å². The second-order valence-electron chi connectivity index (χ2n) is 5.04. The predicted octanol–water partition coefficient (Wildman–Crippen LogP) is 3.01. The molecule has 122 valence electrons. The van der Waals surface area contributed by atoms with Crippen LogP contribution in [0.2, 0.25) is 0 Å². The minimum absolute atomic E-state index is 0.236. The number of rotatable bonds is 6. The van der Waals surface area contributed by atoms with E-state index in [4.69, 9.17) is 0 Å². The molecular formula is C16H18N2O3S2. The van der Waals surface area contributed by atoms with Gasteiger partial charge in [-0.05, 0) is 36.1 Å². The molecule has 23 heavy (non-hydrogen) atoms. The number of benzene rings is 1. The van der Waals surface area contributed by atoms with Crippen LogP contribution in [0.1, 0.15) is 23.4 Å². The summed E-state index contributed by atoms with van der Waals surface area (Å²) in [4.78, 5) is 13.0. The fourth-order valence-electron chi connectivity index (χ4n) is 2.05. The molecule has 1 aromatic heterocycles. The normalized spacial score (nSPS) is 13.0. The molecule has 2 N–H and O–H groups in total. The van der Waals surface area contributed by atoms with Crippen molar-refractivity contribution in [3.63, 3.8) is 0 Å². The SMILES string of the molecule is CC(NC(=O)/C=C/c1cccs1)c1ccccc1NS(C)(=O)=O. The highest BCUT2D eigenvalue weighted by Crippen LogP contribution is 2.23. The van der Waals surface area contributed by atoms with Crippen molar-refractivity contribution in [1.82, 2.24) is 5.32 Å². The van der Waals surface area contributed by atoms with Crippen LogP contribution in [0.5, 0.6) is 0 Å². The summed E-state index contributed by atoms with van der Waals surface area (Å²) >= 11 is 1.55. The summed E-state index contributed by atoms with van der Waals surface area (Å²) in [5.74, 6) is -0.236. The zero-order valence-corrected chi connectivity index (χ0v) is 14.4. The van der Waals surface area contributed by atoms with Crippen molar-refractivity contribution in [3.05, 3.63) is 58.3 Å². The first kappa shape index (κ1) is 17.2. The van der Waals surface area contributed by atoms with Crippen LogP contribution in [0, 0.1) is 0 Å². The molecule has 0 aliphatic heterocycles. The third kappa shape index (κ3) is 5.54. The third-order valence-electron chi connectivity index (χ3n) is 3.02. The van der Waals surface area contributed by atoms with E-state index in [0.717, 1.165) is 11.1 Å². The van der Waals surface area contributed by atoms with Gasteiger partial charge in [0.05, 0.1) is 18.0 Å². The van der Waals surface area contributed by atoms with Gasteiger partial charge in [0.25, 0.3) is 0 Å². The van der Waals surface area contributed by atoms with Gasteiger partial charge in [-0.1, -0.05) is 24.3 Å². The van der Waals surface area contributed by atoms with E-state index in [1.807, 2.05) is 17.5 Å². The lowest BCUT2D eigenvalue weighted by Gasteiger charge is -2.17. The summed E-state index contributed by atoms with van der Waals surface area (Å²) in [6.07, 6.45) is 4.30. The van der Waals surface area contributed by atoms with Crippen LogP contribution in [-0.2, 0) is 14.8 Å². The highest BCUT2D eigenvalue weighted by atomic mass is 32.2. The second-order valence-corrected chi connectivity index (χ2v) is 7.77. The molecular weight excluding hydrogens is 332 g/mol. The van der Waals surface area contributed by atoms with Crippen LogP contribution >= 0.6 is 11.3 Å². The molecule has 1 amide bonds. The van der Waals surface area contributed by atoms with Gasteiger partial charge in [0, 0.05) is 11.0 Å². The number of thiophene rings is 1. The van der Waals surface area contributed by atoms with E-state index in [-0.39, 0.29) is 11.9 Å². The summed E-state index contributed by atoms with van der Waals surface area (Å²) in [6.45, 7) is 1.81. The molecule has 1 aromatic carbocycles. The molecule has 2 rings (SSSR count). The zero-order valence-electron chi connectivity index (χ0n) is 12.8. The summed E-state index contributed by atoms with van der Waals surface area (Å²) in [7, 11) is -3.38. The minimum atomic E-state index is -3.38. The van der Waals surface area contributed by atoms with E-state index in [2.05, 4.69) is 10.0 Å². The highest BCUT2D eigenvalue weighted by Gasteiger charge is 2.14. The lowest BCUT2D eigenvalue weighted by molar-refractivity contribution is -0.117. The number of para-hydroxylation sites is 1. The minimum Gasteiger partial charge on any atom is -0.346 e. The van der Waals surface area contributed by atoms with E-state index >= 15 is 0 Å². The molecule has 0 saturated heterocycles. The molecule has 7 heteroatoms. The van der Waals surface area contributed by atoms with Gasteiger partial charge < -0.3 is 5.32 Å². The Bertz CT molecular complexity index is 796. The van der Waals surface area contributed by atoms with Gasteiger partial charge >= 0.3 is 0 Å². The topological polar surface area (TPSA) is 75.3 Å². The molecule has 1 heterocycles. The number of sulfonamides is 1. The van der Waals surface area contributed by atoms with E-state index in [1.165, 1.54) is 6.08 Å². The van der Waals surface area contributed by atoms with Gasteiger partial charge in [-0.2, -0.15) is 0 Å². The molecule has 1 unspecified atom stereocenters. The Hall–Kier alpha value is -2.12. The van der Waals surface area contributed by atoms with Crippen molar-refractivity contribution in [2.24, 2.45) is 0 Å². The molecule has 0 saturated carbocycles. The van der Waals surface area contributed by atoms with E-state index in [0.29, 0.717) is 11.3 Å². The first-order chi connectivity index (χ1) is 10.8. The van der Waals surface area contributed by atoms with Crippen LogP contribution in [0.3, 0.4) is 0 Å². The number of anilines is 1. The van der Waals surface area contributed by atoms with Crippen molar-refractivity contribution < 1.29 is 13.2 Å². The Morgan fingerprint density at radius 1 is 1.22 bits per heavy atom. The number of amides is 1. The quantitative estimate of drug-likeness (QED) is 0.787. The standard InChI is InChI=1S/C16H18N2O3S2/c1-12(17-16(19)10-9-13-6-5-11-22-13)14-7-3-4-8-15(14)18-23(2,20)21/h3-12,18H,1-2H3,(H,17,19)/b10-9+. The molecule has 0 bridgehead atoms. The molecule has 0 fully saturated rings. The van der Waals surface area contributed by atoms with Gasteiger partial charge in [-0.15, -0.1) is 11.3 Å². The maximum Gasteiger partial charge on any atom is 0.244 e. The maximum absolute atomic E-state index is 12.0. The smallest absolute Gasteiger partial charge is 0.244 e. The van der Waals surface area contributed by atoms with Gasteiger partial charge in [-0.25, -0.2) is 8.42 Å². The van der Waals surface area contributed by atoms with Crippen molar-refractivity contribution >= 4 is 39.0 Å². The molecule has 1 atom stereocenters. The predicted molar refractivity (Wildman–Crippen MR) is 94.8 cm³/mol. The summed E-state index contributed by atoms with van der Waals surface area (Å²) in [5.41, 5.74) is 1.17. The van der Waals surface area contributed by atoms with Crippen LogP contribution in [-0.4, -0.2) is 20.6 Å². The van der Waals surface area contributed by atoms with Crippen LogP contribution in [0.15, 0.2) is 47.9 Å². The largest absolute Gasteiger partial charge is 0.346 e. The fraction of sp³-hybridized carbons (Fsp3) is 0.188. The van der Waals surface area contributed by atoms with Crippen molar-refractivity contribution in [1.29, 1.82) is 0 Å². The van der Waals surface area contributed by atoms with Crippen LogP contribution < -0.4 is 10.0 Å². The van der Waals surface area contributed by atoms with Gasteiger partial charge in [0.2, 0.25) is 15.9 Å². The van der Waals surface area contributed by atoms with Crippen molar-refractivity contribution in [2.75, 3.05) is 11.0 Å². The van der Waals surface area contributed by atoms with Gasteiger partial charge in [0.1, 0.15) is 0 Å².